The van der Waals surface area contributed by atoms with Crippen molar-refractivity contribution in [2.24, 2.45) is 0 Å². The lowest BCUT2D eigenvalue weighted by atomic mass is 9.96. The maximum absolute atomic E-state index is 12.3. The highest BCUT2D eigenvalue weighted by molar-refractivity contribution is 5.69. The van der Waals surface area contributed by atoms with Crippen molar-refractivity contribution in [3.63, 3.8) is 0 Å². The fourth-order valence-corrected chi connectivity index (χ4v) is 4.67. The van der Waals surface area contributed by atoms with Crippen molar-refractivity contribution in [1.29, 1.82) is 0 Å². The van der Waals surface area contributed by atoms with Gasteiger partial charge >= 0.3 is 41.8 Å². The molecule has 0 amide bonds. The second-order valence-electron chi connectivity index (χ2n) is 9.90. The first-order valence-electron chi connectivity index (χ1n) is 13.7. The van der Waals surface area contributed by atoms with Gasteiger partial charge in [-0.2, -0.15) is 0 Å². The molecule has 0 aromatic heterocycles. The van der Waals surface area contributed by atoms with Crippen LogP contribution in [0, 0.1) is 0 Å². The van der Waals surface area contributed by atoms with E-state index >= 15 is 0 Å². The molecule has 2 rings (SSSR count). The van der Waals surface area contributed by atoms with Gasteiger partial charge in [-0.25, -0.2) is 0 Å². The Kier molecular flexibility index (Phi) is 14.1. The summed E-state index contributed by atoms with van der Waals surface area (Å²) in [6, 6.07) is 0. The lowest BCUT2D eigenvalue weighted by Gasteiger charge is -2.48. The highest BCUT2D eigenvalue weighted by Gasteiger charge is 2.57. The van der Waals surface area contributed by atoms with E-state index in [0.29, 0.717) is 0 Å². The molecule has 0 radical (unpaired) electrons. The zero-order chi connectivity index (χ0) is 34.0. The summed E-state index contributed by atoms with van der Waals surface area (Å²) in [5.74, 6) is -5.68. The lowest BCUT2D eigenvalue weighted by molar-refractivity contribution is -0.358. The Morgan fingerprint density at radius 2 is 0.822 bits per heavy atom. The van der Waals surface area contributed by atoms with Crippen molar-refractivity contribution >= 4 is 41.8 Å². The maximum Gasteiger partial charge on any atom is 0.305 e. The van der Waals surface area contributed by atoms with Crippen LogP contribution in [0.5, 0.6) is 0 Å². The van der Waals surface area contributed by atoms with Crippen LogP contribution in [0.3, 0.4) is 0 Å². The molecule has 10 atom stereocenters. The summed E-state index contributed by atoms with van der Waals surface area (Å²) in [6.07, 6.45) is -14.8. The van der Waals surface area contributed by atoms with Crippen LogP contribution in [-0.2, 0) is 85.7 Å². The van der Waals surface area contributed by atoms with Gasteiger partial charge in [0.1, 0.15) is 37.6 Å². The van der Waals surface area contributed by atoms with Crippen molar-refractivity contribution in [2.45, 2.75) is 110 Å². The SMILES string of the molecule is CO[C@H]1[C@@H](OC(C)=O)[C@@H](COC(C)=O)O[C@@H](O[C@H]2[C@H](OC(C)=O)[C@@H](OC(C)=O)[C@H](OC(C)=O)O[C@@H]2COC(C)=O)[C@@H]1OC(C)=O. The second kappa shape index (κ2) is 17.0. The Morgan fingerprint density at radius 1 is 0.444 bits per heavy atom. The first kappa shape index (κ1) is 37.3. The highest BCUT2D eigenvalue weighted by atomic mass is 16.8. The van der Waals surface area contributed by atoms with Gasteiger partial charge in [-0.15, -0.1) is 0 Å². The van der Waals surface area contributed by atoms with E-state index in [9.17, 15) is 33.6 Å². The summed E-state index contributed by atoms with van der Waals surface area (Å²) in [4.78, 5) is 83.7. The van der Waals surface area contributed by atoms with Gasteiger partial charge in [0.15, 0.2) is 24.6 Å². The molecule has 18 nitrogen and oxygen atoms in total. The molecule has 0 unspecified atom stereocenters. The molecule has 0 bridgehead atoms. The van der Waals surface area contributed by atoms with Crippen LogP contribution in [0.2, 0.25) is 0 Å². The average molecular weight is 651 g/mol. The molecule has 0 N–H and O–H groups in total. The molecule has 45 heavy (non-hydrogen) atoms. The van der Waals surface area contributed by atoms with E-state index < -0.39 is 116 Å². The third-order valence-corrected chi connectivity index (χ3v) is 6.14. The summed E-state index contributed by atoms with van der Waals surface area (Å²) in [5, 5.41) is 0. The number of rotatable bonds is 12. The van der Waals surface area contributed by atoms with Crippen LogP contribution in [0.25, 0.3) is 0 Å². The monoisotopic (exact) mass is 650 g/mol. The summed E-state index contributed by atoms with van der Waals surface area (Å²) in [5.41, 5.74) is 0. The molecule has 2 fully saturated rings. The first-order valence-corrected chi connectivity index (χ1v) is 13.7. The van der Waals surface area contributed by atoms with Gasteiger partial charge < -0.3 is 52.1 Å². The number of carbonyl (C=O) groups excluding carboxylic acids is 7. The molecule has 2 aliphatic rings. The number of hydrogen-bond donors (Lipinski definition) is 0. The predicted molar refractivity (Wildman–Crippen MR) is 140 cm³/mol. The molecule has 0 spiro atoms. The third-order valence-electron chi connectivity index (χ3n) is 6.14. The van der Waals surface area contributed by atoms with E-state index in [4.69, 9.17) is 52.1 Å². The number of hydrogen-bond acceptors (Lipinski definition) is 18. The number of esters is 7. The van der Waals surface area contributed by atoms with Crippen LogP contribution in [-0.4, -0.2) is 124 Å². The predicted octanol–water partition coefficient (Wildman–Crippen LogP) is -0.747. The van der Waals surface area contributed by atoms with Crippen LogP contribution < -0.4 is 0 Å². The van der Waals surface area contributed by atoms with Crippen LogP contribution in [0.1, 0.15) is 48.5 Å². The fourth-order valence-electron chi connectivity index (χ4n) is 4.67. The molecule has 0 saturated carbocycles. The molecule has 2 heterocycles. The van der Waals surface area contributed by atoms with Crippen molar-refractivity contribution < 1.29 is 85.7 Å². The third kappa shape index (κ3) is 11.2. The van der Waals surface area contributed by atoms with Crippen LogP contribution >= 0.6 is 0 Å². The maximum atomic E-state index is 12.3. The minimum atomic E-state index is -1.67. The molecule has 2 aliphatic heterocycles. The number of ether oxygens (including phenoxy) is 11. The topological polar surface area (TPSA) is 221 Å². The molecule has 0 aromatic carbocycles. The van der Waals surface area contributed by atoms with Crippen molar-refractivity contribution in [3.8, 4) is 0 Å². The highest BCUT2D eigenvalue weighted by Crippen LogP contribution is 2.35. The number of carbonyl (C=O) groups is 7. The average Bonchev–Trinajstić information content (AvgIpc) is 2.89. The second-order valence-corrected chi connectivity index (χ2v) is 9.90. The van der Waals surface area contributed by atoms with Crippen LogP contribution in [0.15, 0.2) is 0 Å². The van der Waals surface area contributed by atoms with Gasteiger partial charge in [0.2, 0.25) is 12.4 Å². The van der Waals surface area contributed by atoms with Crippen molar-refractivity contribution in [3.05, 3.63) is 0 Å². The van der Waals surface area contributed by atoms with Gasteiger partial charge in [0.25, 0.3) is 0 Å². The normalized spacial score (nSPS) is 31.0. The first-order chi connectivity index (χ1) is 21.0. The molecule has 18 heteroatoms. The molecule has 2 saturated heterocycles. The molecule has 0 aromatic rings. The lowest BCUT2D eigenvalue weighted by Crippen LogP contribution is -2.67. The van der Waals surface area contributed by atoms with Gasteiger partial charge in [0.05, 0.1) is 0 Å². The minimum Gasteiger partial charge on any atom is -0.463 e. The zero-order valence-corrected chi connectivity index (χ0v) is 26.0. The largest absolute Gasteiger partial charge is 0.463 e. The van der Waals surface area contributed by atoms with Gasteiger partial charge in [-0.05, 0) is 0 Å². The van der Waals surface area contributed by atoms with E-state index in [1.807, 2.05) is 0 Å². The minimum absolute atomic E-state index is 0.476. The van der Waals surface area contributed by atoms with E-state index in [1.54, 1.807) is 0 Å². The smallest absolute Gasteiger partial charge is 0.305 e. The summed E-state index contributed by atoms with van der Waals surface area (Å²) >= 11 is 0. The van der Waals surface area contributed by atoms with Gasteiger partial charge in [0, 0.05) is 55.6 Å². The van der Waals surface area contributed by atoms with E-state index in [0.717, 1.165) is 48.5 Å². The van der Waals surface area contributed by atoms with E-state index in [2.05, 4.69) is 0 Å². The van der Waals surface area contributed by atoms with Gasteiger partial charge in [-0.3, -0.25) is 33.6 Å². The summed E-state index contributed by atoms with van der Waals surface area (Å²) in [6.45, 7) is 6.50. The summed E-state index contributed by atoms with van der Waals surface area (Å²) < 4.78 is 60.6. The standard InChI is InChI=1S/C27H38O18/c1-11(28)36-9-18-20(38-13(3)30)22(35-8)24(40-15(5)32)27(44-18)45-21-19(10-37-12(2)29)43-26(42-17(7)34)25(41-16(6)33)23(21)39-14(4)31/h18-27H,9-10H2,1-8H3/t18-,19-,20+,21-,22+,23+,24-,25-,26-,27+/m1/s1. The Bertz CT molecular complexity index is 1110. The fraction of sp³-hybridized carbons (Fsp3) is 0.741. The Hall–Kier alpha value is -3.87. The quantitative estimate of drug-likeness (QED) is 0.187. The molecular weight excluding hydrogens is 612 g/mol. The molecular formula is C27H38O18. The molecule has 254 valence electrons. The van der Waals surface area contributed by atoms with Crippen molar-refractivity contribution in [2.75, 3.05) is 20.3 Å². The summed E-state index contributed by atoms with van der Waals surface area (Å²) in [7, 11) is 1.22. The zero-order valence-electron chi connectivity index (χ0n) is 26.0. The Balaban J connectivity index is 2.66. The van der Waals surface area contributed by atoms with Gasteiger partial charge in [-0.1, -0.05) is 0 Å². The number of methoxy groups -OCH3 is 1. The van der Waals surface area contributed by atoms with E-state index in [1.165, 1.54) is 7.11 Å². The van der Waals surface area contributed by atoms with Crippen molar-refractivity contribution in [1.82, 2.24) is 0 Å². The Morgan fingerprint density at radius 3 is 1.24 bits per heavy atom. The molecule has 0 aliphatic carbocycles. The van der Waals surface area contributed by atoms with E-state index in [-0.39, 0.29) is 0 Å². The Labute approximate surface area is 258 Å². The van der Waals surface area contributed by atoms with Crippen LogP contribution in [0.4, 0.5) is 0 Å².